The van der Waals surface area contributed by atoms with Crippen molar-refractivity contribution < 1.29 is 5.11 Å². The molecule has 0 aliphatic carbocycles. The van der Waals surface area contributed by atoms with Gasteiger partial charge in [0, 0.05) is 28.9 Å². The summed E-state index contributed by atoms with van der Waals surface area (Å²) in [5, 5.41) is 20.2. The molecule has 1 unspecified atom stereocenters. The topological polar surface area (TPSA) is 56.1 Å². The minimum absolute atomic E-state index is 0.141. The monoisotopic (exact) mass is 308 g/mol. The molecule has 0 aliphatic rings. The Kier molecular flexibility index (Phi) is 5.90. The van der Waals surface area contributed by atoms with E-state index in [0.29, 0.717) is 12.3 Å². The highest BCUT2D eigenvalue weighted by atomic mass is 79.9. The Hall–Kier alpha value is -1.31. The first kappa shape index (κ1) is 14.7. The Morgan fingerprint density at radius 3 is 2.89 bits per heavy atom. The molecule has 0 bridgehead atoms. The van der Waals surface area contributed by atoms with E-state index < -0.39 is 0 Å². The summed E-state index contributed by atoms with van der Waals surface area (Å²) in [7, 11) is 0. The molecular formula is C14H17BrN2O. The number of halogens is 1. The molecule has 18 heavy (non-hydrogen) atoms. The van der Waals surface area contributed by atoms with Crippen LogP contribution < -0.4 is 5.32 Å². The van der Waals surface area contributed by atoms with Crippen LogP contribution in [0.25, 0.3) is 0 Å². The lowest BCUT2D eigenvalue weighted by atomic mass is 10.1. The molecule has 1 aromatic rings. The Labute approximate surface area is 116 Å². The van der Waals surface area contributed by atoms with Crippen LogP contribution in [-0.2, 0) is 0 Å². The highest BCUT2D eigenvalue weighted by molar-refractivity contribution is 9.10. The number of aliphatic hydroxyl groups is 1. The Morgan fingerprint density at radius 2 is 2.28 bits per heavy atom. The standard InChI is InChI=1S/C14H17BrN2O/c1-3-4-13(16)12-6-5-11(15)7-14(12)17-8-10(2)9-18/h5-7,10,16-18H,8-9H2,1-2H3. The van der Waals surface area contributed by atoms with Crippen molar-refractivity contribution in [2.45, 2.75) is 13.8 Å². The number of rotatable bonds is 5. The molecule has 0 saturated carbocycles. The summed E-state index contributed by atoms with van der Waals surface area (Å²) in [4.78, 5) is 0. The van der Waals surface area contributed by atoms with Gasteiger partial charge in [-0.3, -0.25) is 5.41 Å². The fourth-order valence-electron chi connectivity index (χ4n) is 1.42. The predicted molar refractivity (Wildman–Crippen MR) is 79.2 cm³/mol. The van der Waals surface area contributed by atoms with Crippen molar-refractivity contribution in [3.8, 4) is 11.8 Å². The van der Waals surface area contributed by atoms with Crippen molar-refractivity contribution in [2.75, 3.05) is 18.5 Å². The van der Waals surface area contributed by atoms with Crippen molar-refractivity contribution in [2.24, 2.45) is 5.92 Å². The molecular weight excluding hydrogens is 292 g/mol. The third-order valence-electron chi connectivity index (χ3n) is 2.45. The van der Waals surface area contributed by atoms with Crippen molar-refractivity contribution in [1.82, 2.24) is 0 Å². The Bertz CT molecular complexity index is 488. The van der Waals surface area contributed by atoms with Crippen molar-refractivity contribution in [1.29, 1.82) is 5.41 Å². The molecule has 1 rings (SSSR count). The molecule has 0 amide bonds. The lowest BCUT2D eigenvalue weighted by Gasteiger charge is -2.14. The van der Waals surface area contributed by atoms with E-state index in [1.807, 2.05) is 25.1 Å². The van der Waals surface area contributed by atoms with Gasteiger partial charge in [-0.25, -0.2) is 0 Å². The Morgan fingerprint density at radius 1 is 1.56 bits per heavy atom. The fraction of sp³-hybridized carbons (Fsp3) is 0.357. The SMILES string of the molecule is CC#CC(=N)c1ccc(Br)cc1NCC(C)CO. The molecule has 1 atom stereocenters. The summed E-state index contributed by atoms with van der Waals surface area (Å²) in [6, 6.07) is 5.68. The average molecular weight is 309 g/mol. The summed E-state index contributed by atoms with van der Waals surface area (Å²) >= 11 is 3.41. The van der Waals surface area contributed by atoms with Crippen LogP contribution in [0.1, 0.15) is 19.4 Å². The molecule has 96 valence electrons. The number of nitrogens with one attached hydrogen (secondary N) is 2. The molecule has 0 saturated heterocycles. The molecule has 0 radical (unpaired) electrons. The second kappa shape index (κ2) is 7.20. The van der Waals surface area contributed by atoms with E-state index in [1.165, 1.54) is 0 Å². The maximum absolute atomic E-state index is 9.02. The highest BCUT2D eigenvalue weighted by Crippen LogP contribution is 2.22. The van der Waals surface area contributed by atoms with E-state index in [4.69, 9.17) is 10.5 Å². The molecule has 0 fully saturated rings. The van der Waals surface area contributed by atoms with Gasteiger partial charge in [-0.2, -0.15) is 0 Å². The first-order valence-corrected chi connectivity index (χ1v) is 6.53. The maximum Gasteiger partial charge on any atom is 0.113 e. The third-order valence-corrected chi connectivity index (χ3v) is 2.95. The highest BCUT2D eigenvalue weighted by Gasteiger charge is 2.08. The van der Waals surface area contributed by atoms with Gasteiger partial charge in [0.2, 0.25) is 0 Å². The van der Waals surface area contributed by atoms with E-state index in [2.05, 4.69) is 33.1 Å². The van der Waals surface area contributed by atoms with Gasteiger partial charge in [-0.1, -0.05) is 28.8 Å². The quantitative estimate of drug-likeness (QED) is 0.578. The molecule has 4 heteroatoms. The second-order valence-corrected chi connectivity index (χ2v) is 5.02. The van der Waals surface area contributed by atoms with Gasteiger partial charge in [0.05, 0.1) is 0 Å². The van der Waals surface area contributed by atoms with Gasteiger partial charge in [-0.05, 0) is 37.0 Å². The van der Waals surface area contributed by atoms with Gasteiger partial charge in [0.25, 0.3) is 0 Å². The molecule has 3 N–H and O–H groups in total. The number of benzene rings is 1. The van der Waals surface area contributed by atoms with E-state index >= 15 is 0 Å². The van der Waals surface area contributed by atoms with Crippen LogP contribution in [0.2, 0.25) is 0 Å². The molecule has 1 aromatic carbocycles. The van der Waals surface area contributed by atoms with Crippen LogP contribution in [0.3, 0.4) is 0 Å². The second-order valence-electron chi connectivity index (χ2n) is 4.11. The van der Waals surface area contributed by atoms with E-state index in [1.54, 1.807) is 6.92 Å². The third kappa shape index (κ3) is 4.17. The summed E-state index contributed by atoms with van der Waals surface area (Å²) in [6.07, 6.45) is 0. The van der Waals surface area contributed by atoms with Gasteiger partial charge in [0.15, 0.2) is 0 Å². The number of hydrogen-bond donors (Lipinski definition) is 3. The summed E-state index contributed by atoms with van der Waals surface area (Å²) in [6.45, 7) is 4.48. The first-order valence-electron chi connectivity index (χ1n) is 5.74. The molecule has 0 spiro atoms. The summed E-state index contributed by atoms with van der Waals surface area (Å²) < 4.78 is 0.947. The minimum Gasteiger partial charge on any atom is -0.396 e. The minimum atomic E-state index is 0.141. The summed E-state index contributed by atoms with van der Waals surface area (Å²) in [5.41, 5.74) is 1.93. The maximum atomic E-state index is 9.02. The fourth-order valence-corrected chi connectivity index (χ4v) is 1.78. The van der Waals surface area contributed by atoms with Gasteiger partial charge in [-0.15, -0.1) is 0 Å². The first-order chi connectivity index (χ1) is 8.58. The lowest BCUT2D eigenvalue weighted by Crippen LogP contribution is -2.16. The number of hydrogen-bond acceptors (Lipinski definition) is 3. The van der Waals surface area contributed by atoms with Gasteiger partial charge >= 0.3 is 0 Å². The van der Waals surface area contributed by atoms with E-state index in [9.17, 15) is 0 Å². The lowest BCUT2D eigenvalue weighted by molar-refractivity contribution is 0.244. The van der Waals surface area contributed by atoms with Crippen LogP contribution >= 0.6 is 15.9 Å². The van der Waals surface area contributed by atoms with Crippen LogP contribution in [0.15, 0.2) is 22.7 Å². The number of aliphatic hydroxyl groups excluding tert-OH is 1. The van der Waals surface area contributed by atoms with Crippen molar-refractivity contribution in [3.63, 3.8) is 0 Å². The summed E-state index contributed by atoms with van der Waals surface area (Å²) in [5.74, 6) is 5.65. The zero-order chi connectivity index (χ0) is 13.5. The van der Waals surface area contributed by atoms with Crippen molar-refractivity contribution >= 4 is 27.3 Å². The van der Waals surface area contributed by atoms with Crippen LogP contribution in [0.4, 0.5) is 5.69 Å². The zero-order valence-electron chi connectivity index (χ0n) is 10.5. The van der Waals surface area contributed by atoms with Gasteiger partial charge in [0.1, 0.15) is 5.71 Å². The van der Waals surface area contributed by atoms with Crippen LogP contribution in [0.5, 0.6) is 0 Å². The average Bonchev–Trinajstić information content (AvgIpc) is 2.36. The van der Waals surface area contributed by atoms with E-state index in [0.717, 1.165) is 15.7 Å². The smallest absolute Gasteiger partial charge is 0.113 e. The van der Waals surface area contributed by atoms with Crippen molar-refractivity contribution in [3.05, 3.63) is 28.2 Å². The molecule has 0 heterocycles. The Balaban J connectivity index is 2.95. The predicted octanol–water partition coefficient (Wildman–Crippen LogP) is 2.88. The molecule has 0 aliphatic heterocycles. The van der Waals surface area contributed by atoms with Gasteiger partial charge < -0.3 is 10.4 Å². The normalized spacial score (nSPS) is 11.3. The van der Waals surface area contributed by atoms with Crippen LogP contribution in [-0.4, -0.2) is 24.0 Å². The molecule has 0 aromatic heterocycles. The molecule has 3 nitrogen and oxygen atoms in total. The largest absolute Gasteiger partial charge is 0.396 e. The van der Waals surface area contributed by atoms with Crippen LogP contribution in [0, 0.1) is 23.2 Å². The number of anilines is 1. The zero-order valence-corrected chi connectivity index (χ0v) is 12.1. The van der Waals surface area contributed by atoms with E-state index in [-0.39, 0.29) is 12.5 Å².